The van der Waals surface area contributed by atoms with Gasteiger partial charge < -0.3 is 10.0 Å². The second kappa shape index (κ2) is 7.47. The number of hydrogen-bond donors (Lipinski definition) is 1. The van der Waals surface area contributed by atoms with E-state index in [0.717, 1.165) is 11.1 Å². The molecular formula is C19H22N2O4S. The lowest BCUT2D eigenvalue weighted by Gasteiger charge is -2.34. The third-order valence-electron chi connectivity index (χ3n) is 4.49. The van der Waals surface area contributed by atoms with Gasteiger partial charge in [-0.25, -0.2) is 8.42 Å². The first-order chi connectivity index (χ1) is 12.4. The number of benzene rings is 2. The minimum absolute atomic E-state index is 0.0412. The Morgan fingerprint density at radius 3 is 2.35 bits per heavy atom. The zero-order chi connectivity index (χ0) is 18.7. The molecule has 1 aliphatic rings. The van der Waals surface area contributed by atoms with Crippen LogP contribution in [0.25, 0.3) is 0 Å². The van der Waals surface area contributed by atoms with E-state index in [-0.39, 0.29) is 36.1 Å². The lowest BCUT2D eigenvalue weighted by Crippen LogP contribution is -2.50. The molecule has 1 amide bonds. The van der Waals surface area contributed by atoms with Crippen molar-refractivity contribution in [3.63, 3.8) is 0 Å². The van der Waals surface area contributed by atoms with Gasteiger partial charge in [0.25, 0.3) is 5.91 Å². The molecule has 138 valence electrons. The van der Waals surface area contributed by atoms with Crippen LogP contribution in [0.15, 0.2) is 48.5 Å². The van der Waals surface area contributed by atoms with Crippen molar-refractivity contribution in [2.75, 3.05) is 26.2 Å². The van der Waals surface area contributed by atoms with Crippen molar-refractivity contribution >= 4 is 15.9 Å². The Kier molecular flexibility index (Phi) is 5.29. The maximum Gasteiger partial charge on any atom is 0.257 e. The van der Waals surface area contributed by atoms with E-state index < -0.39 is 10.0 Å². The highest BCUT2D eigenvalue weighted by atomic mass is 32.2. The van der Waals surface area contributed by atoms with Gasteiger partial charge in [0.1, 0.15) is 5.75 Å². The maximum absolute atomic E-state index is 12.6. The molecule has 2 aromatic rings. The molecule has 7 heteroatoms. The summed E-state index contributed by atoms with van der Waals surface area (Å²) in [7, 11) is -3.42. The fourth-order valence-electron chi connectivity index (χ4n) is 3.04. The van der Waals surface area contributed by atoms with Crippen molar-refractivity contribution in [2.45, 2.75) is 12.7 Å². The Labute approximate surface area is 153 Å². The number of carbonyl (C=O) groups excluding carboxylic acids is 1. The highest BCUT2D eigenvalue weighted by molar-refractivity contribution is 7.88. The second-order valence-corrected chi connectivity index (χ2v) is 8.42. The summed E-state index contributed by atoms with van der Waals surface area (Å²) in [6.07, 6.45) is 0. The summed E-state index contributed by atoms with van der Waals surface area (Å²) in [5.74, 6) is -0.369. The van der Waals surface area contributed by atoms with E-state index in [0.29, 0.717) is 13.1 Å². The summed E-state index contributed by atoms with van der Waals surface area (Å²) >= 11 is 0. The molecule has 2 aromatic carbocycles. The van der Waals surface area contributed by atoms with Gasteiger partial charge in [-0.3, -0.25) is 4.79 Å². The van der Waals surface area contributed by atoms with Gasteiger partial charge >= 0.3 is 0 Å². The van der Waals surface area contributed by atoms with E-state index in [1.54, 1.807) is 29.2 Å². The largest absolute Gasteiger partial charge is 0.507 e. The van der Waals surface area contributed by atoms with Crippen LogP contribution >= 0.6 is 0 Å². The highest BCUT2D eigenvalue weighted by Crippen LogP contribution is 2.21. The van der Waals surface area contributed by atoms with Crippen molar-refractivity contribution in [3.05, 3.63) is 65.2 Å². The number of hydrogen-bond acceptors (Lipinski definition) is 4. The molecule has 1 N–H and O–H groups in total. The average Bonchev–Trinajstić information content (AvgIpc) is 2.64. The first-order valence-corrected chi connectivity index (χ1v) is 10.1. The average molecular weight is 374 g/mol. The SMILES string of the molecule is Cc1ccc(O)c(C(=O)N2CCN(S(=O)(=O)Cc3ccccc3)CC2)c1. The normalized spacial score (nSPS) is 15.8. The van der Waals surface area contributed by atoms with Crippen LogP contribution in [0.1, 0.15) is 21.5 Å². The van der Waals surface area contributed by atoms with E-state index in [1.165, 1.54) is 10.4 Å². The lowest BCUT2D eigenvalue weighted by atomic mass is 10.1. The molecule has 6 nitrogen and oxygen atoms in total. The number of aromatic hydroxyl groups is 1. The number of phenols is 1. The third kappa shape index (κ3) is 4.05. The number of sulfonamides is 1. The fourth-order valence-corrected chi connectivity index (χ4v) is 4.55. The van der Waals surface area contributed by atoms with Gasteiger partial charge in [-0.1, -0.05) is 42.0 Å². The Hall–Kier alpha value is -2.38. The highest BCUT2D eigenvalue weighted by Gasteiger charge is 2.30. The number of aryl methyl sites for hydroxylation is 1. The van der Waals surface area contributed by atoms with Crippen molar-refractivity contribution in [2.24, 2.45) is 0 Å². The van der Waals surface area contributed by atoms with Gasteiger partial charge in [-0.05, 0) is 24.6 Å². The van der Waals surface area contributed by atoms with E-state index in [9.17, 15) is 18.3 Å². The topological polar surface area (TPSA) is 77.9 Å². The van der Waals surface area contributed by atoms with Crippen molar-refractivity contribution in [1.29, 1.82) is 0 Å². The number of amides is 1. The molecule has 0 saturated carbocycles. The molecule has 1 heterocycles. The van der Waals surface area contributed by atoms with Crippen LogP contribution in [-0.2, 0) is 15.8 Å². The van der Waals surface area contributed by atoms with Crippen LogP contribution in [0.4, 0.5) is 0 Å². The second-order valence-electron chi connectivity index (χ2n) is 6.45. The molecule has 1 aliphatic heterocycles. The summed E-state index contributed by atoms with van der Waals surface area (Å²) in [4.78, 5) is 14.2. The lowest BCUT2D eigenvalue weighted by molar-refractivity contribution is 0.0694. The van der Waals surface area contributed by atoms with Crippen LogP contribution in [0, 0.1) is 6.92 Å². The van der Waals surface area contributed by atoms with Crippen LogP contribution in [0.2, 0.25) is 0 Å². The molecule has 0 spiro atoms. The van der Waals surface area contributed by atoms with E-state index in [4.69, 9.17) is 0 Å². The first kappa shape index (κ1) is 18.4. The van der Waals surface area contributed by atoms with E-state index in [1.807, 2.05) is 25.1 Å². The van der Waals surface area contributed by atoms with Gasteiger partial charge in [0.05, 0.1) is 11.3 Å². The third-order valence-corrected chi connectivity index (χ3v) is 6.34. The summed E-state index contributed by atoms with van der Waals surface area (Å²) < 4.78 is 26.6. The van der Waals surface area contributed by atoms with Gasteiger partial charge in [-0.2, -0.15) is 4.31 Å². The zero-order valence-electron chi connectivity index (χ0n) is 14.6. The molecule has 1 saturated heterocycles. The Morgan fingerprint density at radius 2 is 1.69 bits per heavy atom. The van der Waals surface area contributed by atoms with E-state index in [2.05, 4.69) is 0 Å². The van der Waals surface area contributed by atoms with Crippen molar-refractivity contribution < 1.29 is 18.3 Å². The molecule has 0 radical (unpaired) electrons. The van der Waals surface area contributed by atoms with Crippen molar-refractivity contribution in [1.82, 2.24) is 9.21 Å². The minimum atomic E-state index is -3.42. The Morgan fingerprint density at radius 1 is 1.04 bits per heavy atom. The van der Waals surface area contributed by atoms with Gasteiger partial charge in [0.2, 0.25) is 10.0 Å². The first-order valence-electron chi connectivity index (χ1n) is 8.47. The predicted octanol–water partition coefficient (Wildman–Crippen LogP) is 1.99. The number of carbonyl (C=O) groups is 1. The minimum Gasteiger partial charge on any atom is -0.507 e. The molecule has 1 fully saturated rings. The van der Waals surface area contributed by atoms with E-state index >= 15 is 0 Å². The molecular weight excluding hydrogens is 352 g/mol. The summed E-state index contributed by atoms with van der Waals surface area (Å²) in [6, 6.07) is 13.9. The van der Waals surface area contributed by atoms with Gasteiger partial charge in [-0.15, -0.1) is 0 Å². The predicted molar refractivity (Wildman–Crippen MR) is 99.4 cm³/mol. The number of phenolic OH excluding ortho intramolecular Hbond substituents is 1. The Bertz CT molecular complexity index is 889. The number of piperazine rings is 1. The fraction of sp³-hybridized carbons (Fsp3) is 0.316. The summed E-state index contributed by atoms with van der Waals surface area (Å²) in [5.41, 5.74) is 1.89. The molecule has 0 bridgehead atoms. The smallest absolute Gasteiger partial charge is 0.257 e. The van der Waals surface area contributed by atoms with Gasteiger partial charge in [0, 0.05) is 26.2 Å². The summed E-state index contributed by atoms with van der Waals surface area (Å²) in [6.45, 7) is 2.98. The molecule has 0 aromatic heterocycles. The van der Waals surface area contributed by atoms with Crippen molar-refractivity contribution in [3.8, 4) is 5.75 Å². The monoisotopic (exact) mass is 374 g/mol. The van der Waals surface area contributed by atoms with Crippen LogP contribution in [0.5, 0.6) is 5.75 Å². The number of rotatable bonds is 4. The molecule has 26 heavy (non-hydrogen) atoms. The van der Waals surface area contributed by atoms with Crippen LogP contribution in [0.3, 0.4) is 0 Å². The zero-order valence-corrected chi connectivity index (χ0v) is 15.4. The standard InChI is InChI=1S/C19H22N2O4S/c1-15-7-8-18(22)17(13-15)19(23)20-9-11-21(12-10-20)26(24,25)14-16-5-3-2-4-6-16/h2-8,13,22H,9-12,14H2,1H3. The quantitative estimate of drug-likeness (QED) is 0.888. The number of nitrogens with zero attached hydrogens (tertiary/aromatic N) is 2. The Balaban J connectivity index is 1.65. The molecule has 0 unspecified atom stereocenters. The van der Waals surface area contributed by atoms with Gasteiger partial charge in [0.15, 0.2) is 0 Å². The summed E-state index contributed by atoms with van der Waals surface area (Å²) in [5, 5.41) is 9.93. The molecule has 3 rings (SSSR count). The molecule has 0 aliphatic carbocycles. The maximum atomic E-state index is 12.6. The van der Waals surface area contributed by atoms with Crippen LogP contribution in [-0.4, -0.2) is 54.8 Å². The van der Waals surface area contributed by atoms with Crippen LogP contribution < -0.4 is 0 Å². The molecule has 0 atom stereocenters.